The lowest BCUT2D eigenvalue weighted by atomic mass is 10.0. The van der Waals surface area contributed by atoms with Gasteiger partial charge >= 0.3 is 12.0 Å². The lowest BCUT2D eigenvalue weighted by Gasteiger charge is -2.31. The number of nitrogens with one attached hydrogen (secondary N) is 1. The molecule has 0 radical (unpaired) electrons. The summed E-state index contributed by atoms with van der Waals surface area (Å²) in [6, 6.07) is 19.7. The Morgan fingerprint density at radius 3 is 2.47 bits per heavy atom. The van der Waals surface area contributed by atoms with Gasteiger partial charge in [-0.25, -0.2) is 18.4 Å². The highest BCUT2D eigenvalue weighted by molar-refractivity contribution is 6.01. The van der Waals surface area contributed by atoms with Gasteiger partial charge in [0, 0.05) is 18.0 Å². The number of carbonyl (C=O) groups excluding carboxylic acids is 2. The highest BCUT2D eigenvalue weighted by Gasteiger charge is 2.34. The third kappa shape index (κ3) is 4.33. The fourth-order valence-electron chi connectivity index (χ4n) is 4.59. The van der Waals surface area contributed by atoms with E-state index in [1.807, 2.05) is 47.2 Å². The fourth-order valence-corrected chi connectivity index (χ4v) is 4.59. The predicted octanol–water partition coefficient (Wildman–Crippen LogP) is 6.07. The van der Waals surface area contributed by atoms with Crippen molar-refractivity contribution in [2.75, 3.05) is 11.9 Å². The number of nitrogens with zero attached hydrogens (tertiary/aromatic N) is 2. The number of rotatable bonds is 4. The first-order chi connectivity index (χ1) is 17.5. The van der Waals surface area contributed by atoms with E-state index >= 15 is 0 Å². The molecule has 2 amide bonds. The molecule has 4 aromatic rings. The van der Waals surface area contributed by atoms with E-state index in [2.05, 4.69) is 5.32 Å². The van der Waals surface area contributed by atoms with E-state index in [1.54, 1.807) is 31.2 Å². The van der Waals surface area contributed by atoms with Crippen LogP contribution in [-0.4, -0.2) is 28.1 Å². The third-order valence-electron chi connectivity index (χ3n) is 6.09. The second kappa shape index (κ2) is 9.65. The van der Waals surface area contributed by atoms with Gasteiger partial charge in [0.15, 0.2) is 0 Å². The summed E-state index contributed by atoms with van der Waals surface area (Å²) >= 11 is 0. The second-order valence-electron chi connectivity index (χ2n) is 8.36. The molecule has 3 aromatic carbocycles. The van der Waals surface area contributed by atoms with Crippen LogP contribution in [0.3, 0.4) is 0 Å². The smallest absolute Gasteiger partial charge is 0.340 e. The lowest BCUT2D eigenvalue weighted by Crippen LogP contribution is -2.38. The van der Waals surface area contributed by atoms with Crippen LogP contribution in [0.2, 0.25) is 0 Å². The average molecular weight is 488 g/mol. The number of carbonyl (C=O) groups is 2. The van der Waals surface area contributed by atoms with Crippen LogP contribution < -0.4 is 5.32 Å². The van der Waals surface area contributed by atoms with Crippen LogP contribution in [0.15, 0.2) is 85.1 Å². The molecule has 0 saturated heterocycles. The van der Waals surface area contributed by atoms with Crippen molar-refractivity contribution in [1.82, 2.24) is 9.47 Å². The molecule has 0 fully saturated rings. The van der Waals surface area contributed by atoms with Gasteiger partial charge in [-0.1, -0.05) is 30.3 Å². The Morgan fingerprint density at radius 2 is 1.69 bits per heavy atom. The molecule has 1 N–H and O–H groups in total. The lowest BCUT2D eigenvalue weighted by molar-refractivity contribution is 0.0527. The van der Waals surface area contributed by atoms with Crippen LogP contribution in [0.5, 0.6) is 0 Å². The maximum Gasteiger partial charge on any atom is 0.340 e. The Balaban J connectivity index is 1.62. The molecule has 36 heavy (non-hydrogen) atoms. The van der Waals surface area contributed by atoms with E-state index < -0.39 is 29.7 Å². The number of halogens is 2. The highest BCUT2D eigenvalue weighted by Crippen LogP contribution is 2.37. The number of urea groups is 1. The molecule has 182 valence electrons. The zero-order valence-corrected chi connectivity index (χ0v) is 19.4. The molecule has 8 heteroatoms. The van der Waals surface area contributed by atoms with Crippen molar-refractivity contribution < 1.29 is 23.1 Å². The number of hydrogen-bond acceptors (Lipinski definition) is 3. The number of fused-ring (bicyclic) bond motifs is 3. The summed E-state index contributed by atoms with van der Waals surface area (Å²) < 4.78 is 35.7. The van der Waals surface area contributed by atoms with Crippen molar-refractivity contribution in [2.45, 2.75) is 19.5 Å². The molecule has 1 aliphatic rings. The molecule has 0 aliphatic carbocycles. The van der Waals surface area contributed by atoms with Gasteiger partial charge in [0.2, 0.25) is 0 Å². The van der Waals surface area contributed by atoms with Crippen LogP contribution in [0.1, 0.15) is 40.1 Å². The second-order valence-corrected chi connectivity index (χ2v) is 8.36. The zero-order chi connectivity index (χ0) is 25.2. The summed E-state index contributed by atoms with van der Waals surface area (Å²) in [4.78, 5) is 27.8. The van der Waals surface area contributed by atoms with Crippen LogP contribution in [0.25, 0.3) is 5.69 Å². The monoisotopic (exact) mass is 487 g/mol. The van der Waals surface area contributed by atoms with Gasteiger partial charge in [0.25, 0.3) is 0 Å². The molecule has 2 heterocycles. The van der Waals surface area contributed by atoms with Gasteiger partial charge in [-0.2, -0.15) is 0 Å². The van der Waals surface area contributed by atoms with Crippen molar-refractivity contribution >= 4 is 17.7 Å². The molecule has 0 saturated carbocycles. The first-order valence-electron chi connectivity index (χ1n) is 11.5. The molecule has 0 bridgehead atoms. The number of para-hydroxylation sites is 2. The minimum atomic E-state index is -0.813. The maximum absolute atomic E-state index is 14.3. The van der Waals surface area contributed by atoms with Crippen LogP contribution in [0, 0.1) is 11.6 Å². The Hall–Kier alpha value is -4.46. The van der Waals surface area contributed by atoms with E-state index in [1.165, 1.54) is 17.0 Å². The summed E-state index contributed by atoms with van der Waals surface area (Å²) in [6.45, 7) is 2.05. The normalized spacial score (nSPS) is 14.4. The van der Waals surface area contributed by atoms with Crippen molar-refractivity contribution in [3.63, 3.8) is 0 Å². The number of hydrogen-bond donors (Lipinski definition) is 1. The summed E-state index contributed by atoms with van der Waals surface area (Å²) in [5.74, 6) is -2.04. The Kier molecular flexibility index (Phi) is 6.25. The van der Waals surface area contributed by atoms with Crippen molar-refractivity contribution in [1.29, 1.82) is 0 Å². The summed E-state index contributed by atoms with van der Waals surface area (Å²) in [5.41, 5.74) is 3.15. The van der Waals surface area contributed by atoms with Gasteiger partial charge in [-0.3, -0.25) is 0 Å². The van der Waals surface area contributed by atoms with Crippen molar-refractivity contribution in [3.8, 4) is 5.69 Å². The quantitative estimate of drug-likeness (QED) is 0.356. The van der Waals surface area contributed by atoms with Crippen molar-refractivity contribution in [2.24, 2.45) is 0 Å². The third-order valence-corrected chi connectivity index (χ3v) is 6.09. The topological polar surface area (TPSA) is 63.6 Å². The fraction of sp³-hybridized carbons (Fsp3) is 0.143. The maximum atomic E-state index is 14.3. The number of amides is 2. The average Bonchev–Trinajstić information content (AvgIpc) is 3.28. The zero-order valence-electron chi connectivity index (χ0n) is 19.4. The first-order valence-corrected chi connectivity index (χ1v) is 11.5. The van der Waals surface area contributed by atoms with E-state index in [4.69, 9.17) is 4.74 Å². The minimum Gasteiger partial charge on any atom is -0.462 e. The van der Waals surface area contributed by atoms with Crippen LogP contribution in [-0.2, 0) is 11.3 Å². The summed E-state index contributed by atoms with van der Waals surface area (Å²) in [5, 5.41) is 2.82. The molecule has 1 aliphatic heterocycles. The Bertz CT molecular complexity index is 1430. The standard InChI is InChI=1S/C28H23F2N3O3/c1-2-36-27(34)22-9-4-5-10-23(22)31-28(35)33-17-18-8-3-6-11-24(18)32-13-7-12-25(32)26(33)19-14-20(29)16-21(30)15-19/h3-16,26H,2,17H2,1H3,(H,31,35). The number of esters is 1. The van der Waals surface area contributed by atoms with Gasteiger partial charge in [-0.15, -0.1) is 0 Å². The predicted molar refractivity (Wildman–Crippen MR) is 131 cm³/mol. The minimum absolute atomic E-state index is 0.161. The van der Waals surface area contributed by atoms with E-state index in [-0.39, 0.29) is 30.0 Å². The first kappa shape index (κ1) is 23.3. The number of ether oxygens (including phenoxy) is 1. The summed E-state index contributed by atoms with van der Waals surface area (Å²) in [6.07, 6.45) is 1.86. The van der Waals surface area contributed by atoms with Gasteiger partial charge in [0.05, 0.1) is 36.1 Å². The van der Waals surface area contributed by atoms with Gasteiger partial charge in [0.1, 0.15) is 11.6 Å². The molecular formula is C28H23F2N3O3. The number of aromatic nitrogens is 1. The molecular weight excluding hydrogens is 464 g/mol. The van der Waals surface area contributed by atoms with Crippen molar-refractivity contribution in [3.05, 3.63) is 119 Å². The number of anilines is 1. The SMILES string of the molecule is CCOC(=O)c1ccccc1NC(=O)N1Cc2ccccc2-n2cccc2C1c1cc(F)cc(F)c1. The van der Waals surface area contributed by atoms with Crippen LogP contribution in [0.4, 0.5) is 19.3 Å². The van der Waals surface area contributed by atoms with E-state index in [9.17, 15) is 18.4 Å². The van der Waals surface area contributed by atoms with E-state index in [0.29, 0.717) is 5.69 Å². The largest absolute Gasteiger partial charge is 0.462 e. The molecule has 0 spiro atoms. The highest BCUT2D eigenvalue weighted by atomic mass is 19.1. The summed E-state index contributed by atoms with van der Waals surface area (Å²) in [7, 11) is 0. The molecule has 6 nitrogen and oxygen atoms in total. The van der Waals surface area contributed by atoms with Crippen LogP contribution >= 0.6 is 0 Å². The Morgan fingerprint density at radius 1 is 0.972 bits per heavy atom. The number of benzene rings is 3. The molecule has 1 unspecified atom stereocenters. The molecule has 1 atom stereocenters. The van der Waals surface area contributed by atoms with E-state index in [0.717, 1.165) is 17.3 Å². The Labute approximate surface area is 206 Å². The molecule has 5 rings (SSSR count). The van der Waals surface area contributed by atoms with Gasteiger partial charge < -0.3 is 19.5 Å². The van der Waals surface area contributed by atoms with Gasteiger partial charge in [-0.05, 0) is 60.5 Å². The molecule has 1 aromatic heterocycles.